The fourth-order valence-electron chi connectivity index (χ4n) is 2.80. The molecule has 0 bridgehead atoms. The molecule has 0 radical (unpaired) electrons. The molecule has 0 aliphatic heterocycles. The van der Waals surface area contributed by atoms with E-state index in [-0.39, 0.29) is 6.04 Å². The molecule has 2 N–H and O–H groups in total. The van der Waals surface area contributed by atoms with Gasteiger partial charge in [-0.05, 0) is 37.0 Å². The van der Waals surface area contributed by atoms with E-state index in [1.54, 1.807) is 12.1 Å². The summed E-state index contributed by atoms with van der Waals surface area (Å²) in [4.78, 5) is 11.4. The molecular formula is C14H19N2O4S-. The maximum atomic E-state index is 11.5. The molecule has 2 rings (SSSR count). The smallest absolute Gasteiger partial charge is 0.248 e. The van der Waals surface area contributed by atoms with E-state index in [1.165, 1.54) is 4.31 Å². The fraction of sp³-hybridized carbons (Fsp3) is 0.500. The van der Waals surface area contributed by atoms with Gasteiger partial charge in [0.05, 0.1) is 6.61 Å². The average Bonchev–Trinajstić information content (AvgIpc) is 2.86. The van der Waals surface area contributed by atoms with Crippen molar-refractivity contribution in [3.8, 4) is 0 Å². The van der Waals surface area contributed by atoms with Gasteiger partial charge in [0, 0.05) is 36.0 Å². The molecule has 0 spiro atoms. The Morgan fingerprint density at radius 3 is 2.95 bits per heavy atom. The SMILES string of the molecule is CCOCCN(C1CCc2c(C(N)=O)cccc21)S(=O)[O-]. The highest BCUT2D eigenvalue weighted by molar-refractivity contribution is 7.76. The number of ether oxygens (including phenoxy) is 1. The third-order valence-corrected chi connectivity index (χ3v) is 4.52. The van der Waals surface area contributed by atoms with Gasteiger partial charge in [-0.2, -0.15) is 0 Å². The van der Waals surface area contributed by atoms with E-state index >= 15 is 0 Å². The molecule has 0 heterocycles. The van der Waals surface area contributed by atoms with Crippen LogP contribution in [0.3, 0.4) is 0 Å². The van der Waals surface area contributed by atoms with Crippen molar-refractivity contribution in [3.05, 3.63) is 34.9 Å². The number of hydrogen-bond donors (Lipinski definition) is 1. The quantitative estimate of drug-likeness (QED) is 0.598. The van der Waals surface area contributed by atoms with Crippen molar-refractivity contribution in [2.45, 2.75) is 25.8 Å². The van der Waals surface area contributed by atoms with E-state index in [4.69, 9.17) is 10.5 Å². The lowest BCUT2D eigenvalue weighted by atomic mass is 10.0. The van der Waals surface area contributed by atoms with Crippen LogP contribution in [0.15, 0.2) is 18.2 Å². The molecule has 1 aliphatic carbocycles. The van der Waals surface area contributed by atoms with Crippen LogP contribution < -0.4 is 5.73 Å². The van der Waals surface area contributed by atoms with E-state index in [1.807, 2.05) is 13.0 Å². The maximum Gasteiger partial charge on any atom is 0.248 e. The third-order valence-electron chi connectivity index (χ3n) is 3.70. The minimum Gasteiger partial charge on any atom is -0.760 e. The standard InChI is InChI=1S/C14H20N2O4S/c1-2-20-9-8-16(21(18)19)13-7-6-10-11(13)4-3-5-12(10)14(15)17/h3-5,13H,2,6-9H2,1H3,(H2,15,17)(H,18,19)/p-1. The Morgan fingerprint density at radius 1 is 1.57 bits per heavy atom. The van der Waals surface area contributed by atoms with E-state index < -0.39 is 17.2 Å². The van der Waals surface area contributed by atoms with E-state index in [9.17, 15) is 13.6 Å². The predicted octanol–water partition coefficient (Wildman–Crippen LogP) is 0.905. The Hall–Kier alpha value is -1.28. The first-order chi connectivity index (χ1) is 10.1. The summed E-state index contributed by atoms with van der Waals surface area (Å²) < 4.78 is 29.6. The summed E-state index contributed by atoms with van der Waals surface area (Å²) in [5, 5.41) is 0. The molecule has 1 aromatic carbocycles. The number of hydrogen-bond acceptors (Lipinski definition) is 4. The second-order valence-electron chi connectivity index (χ2n) is 4.85. The van der Waals surface area contributed by atoms with Crippen molar-refractivity contribution in [3.63, 3.8) is 0 Å². The minimum atomic E-state index is -2.33. The second kappa shape index (κ2) is 7.13. The molecule has 1 amide bonds. The van der Waals surface area contributed by atoms with Gasteiger partial charge in [0.2, 0.25) is 5.91 Å². The van der Waals surface area contributed by atoms with Crippen LogP contribution in [0.2, 0.25) is 0 Å². The summed E-state index contributed by atoms with van der Waals surface area (Å²) in [6, 6.07) is 5.03. The van der Waals surface area contributed by atoms with Crippen LogP contribution in [0.25, 0.3) is 0 Å². The zero-order valence-electron chi connectivity index (χ0n) is 11.9. The summed E-state index contributed by atoms with van der Waals surface area (Å²) >= 11 is -2.33. The lowest BCUT2D eigenvalue weighted by molar-refractivity contribution is 0.0999. The molecule has 0 saturated heterocycles. The number of amides is 1. The van der Waals surface area contributed by atoms with Gasteiger partial charge >= 0.3 is 0 Å². The largest absolute Gasteiger partial charge is 0.760 e. The molecule has 6 nitrogen and oxygen atoms in total. The summed E-state index contributed by atoms with van der Waals surface area (Å²) in [7, 11) is 0. The van der Waals surface area contributed by atoms with Gasteiger partial charge in [0.25, 0.3) is 0 Å². The molecule has 1 aliphatic rings. The maximum absolute atomic E-state index is 11.5. The predicted molar refractivity (Wildman–Crippen MR) is 78.1 cm³/mol. The zero-order chi connectivity index (χ0) is 15.4. The molecule has 0 fully saturated rings. The van der Waals surface area contributed by atoms with Gasteiger partial charge in [0.15, 0.2) is 0 Å². The number of fused-ring (bicyclic) bond motifs is 1. The van der Waals surface area contributed by atoms with Crippen molar-refractivity contribution in [1.29, 1.82) is 0 Å². The van der Waals surface area contributed by atoms with E-state index in [2.05, 4.69) is 0 Å². The third kappa shape index (κ3) is 3.49. The molecule has 1 aromatic rings. The summed E-state index contributed by atoms with van der Waals surface area (Å²) in [6.45, 7) is 3.07. The lowest BCUT2D eigenvalue weighted by Crippen LogP contribution is -2.32. The Kier molecular flexibility index (Phi) is 5.46. The van der Waals surface area contributed by atoms with Crippen molar-refractivity contribution in [2.24, 2.45) is 5.73 Å². The van der Waals surface area contributed by atoms with Crippen LogP contribution in [0.4, 0.5) is 0 Å². The molecule has 7 heteroatoms. The van der Waals surface area contributed by atoms with Crippen molar-refractivity contribution < 1.29 is 18.3 Å². The Morgan fingerprint density at radius 2 is 2.33 bits per heavy atom. The number of rotatable bonds is 7. The lowest BCUT2D eigenvalue weighted by Gasteiger charge is -2.30. The topological polar surface area (TPSA) is 95.7 Å². The van der Waals surface area contributed by atoms with Gasteiger partial charge in [-0.25, -0.2) is 4.31 Å². The Labute approximate surface area is 126 Å². The number of nitrogens with two attached hydrogens (primary N) is 1. The van der Waals surface area contributed by atoms with Crippen LogP contribution in [0.5, 0.6) is 0 Å². The zero-order valence-corrected chi connectivity index (χ0v) is 12.7. The fourth-order valence-corrected chi connectivity index (χ4v) is 3.45. The first-order valence-corrected chi connectivity index (χ1v) is 7.94. The van der Waals surface area contributed by atoms with Gasteiger partial charge < -0.3 is 15.0 Å². The number of primary amides is 1. The molecule has 21 heavy (non-hydrogen) atoms. The molecule has 0 saturated carbocycles. The first-order valence-electron chi connectivity index (χ1n) is 6.91. The van der Waals surface area contributed by atoms with Gasteiger partial charge in [0.1, 0.15) is 0 Å². The highest BCUT2D eigenvalue weighted by Crippen LogP contribution is 2.37. The Bertz CT molecular complexity index is 550. The van der Waals surface area contributed by atoms with Crippen molar-refractivity contribution in [1.82, 2.24) is 4.31 Å². The molecular weight excluding hydrogens is 292 g/mol. The monoisotopic (exact) mass is 311 g/mol. The van der Waals surface area contributed by atoms with Crippen molar-refractivity contribution >= 4 is 17.2 Å². The molecule has 0 aromatic heterocycles. The number of benzene rings is 1. The normalized spacial score (nSPS) is 18.7. The summed E-state index contributed by atoms with van der Waals surface area (Å²) in [5.41, 5.74) is 7.59. The van der Waals surface area contributed by atoms with Crippen LogP contribution in [-0.4, -0.2) is 38.7 Å². The van der Waals surface area contributed by atoms with Gasteiger partial charge in [-0.3, -0.25) is 9.00 Å². The van der Waals surface area contributed by atoms with Crippen LogP contribution in [0, 0.1) is 0 Å². The van der Waals surface area contributed by atoms with E-state index in [0.717, 1.165) is 11.1 Å². The highest BCUT2D eigenvalue weighted by Gasteiger charge is 2.30. The number of nitrogens with zero attached hydrogens (tertiary/aromatic N) is 1. The summed E-state index contributed by atoms with van der Waals surface area (Å²) in [6.07, 6.45) is 1.31. The van der Waals surface area contributed by atoms with Gasteiger partial charge in [-0.15, -0.1) is 0 Å². The average molecular weight is 311 g/mol. The first kappa shape index (κ1) is 16.1. The number of carbonyl (C=O) groups excluding carboxylic acids is 1. The van der Waals surface area contributed by atoms with Crippen molar-refractivity contribution in [2.75, 3.05) is 19.8 Å². The minimum absolute atomic E-state index is 0.252. The molecule has 2 unspecified atom stereocenters. The Balaban J connectivity index is 2.25. The number of carbonyl (C=O) groups is 1. The highest BCUT2D eigenvalue weighted by atomic mass is 32.2. The second-order valence-corrected chi connectivity index (χ2v) is 5.75. The van der Waals surface area contributed by atoms with Gasteiger partial charge in [-0.1, -0.05) is 12.1 Å². The van der Waals surface area contributed by atoms with Crippen LogP contribution >= 0.6 is 0 Å². The molecule has 116 valence electrons. The van der Waals surface area contributed by atoms with E-state index in [0.29, 0.717) is 38.2 Å². The summed E-state index contributed by atoms with van der Waals surface area (Å²) in [5.74, 6) is -0.475. The van der Waals surface area contributed by atoms with Crippen LogP contribution in [-0.2, 0) is 22.4 Å². The molecule has 2 atom stereocenters. The van der Waals surface area contributed by atoms with Crippen LogP contribution in [0.1, 0.15) is 40.9 Å².